The number of nitrogens with zero attached hydrogens (tertiary/aromatic N) is 4. The van der Waals surface area contributed by atoms with E-state index >= 15 is 0 Å². The van der Waals surface area contributed by atoms with Gasteiger partial charge in [0.25, 0.3) is 0 Å². The standard InChI is InChI=1S/C22H23F3N4O2S/c23-22(24,25)16-7-4-8-17(15-16)29-20(18-9-5-13-31-18)26-27-21(29)32-14-6-10-19(30)28-11-2-1-3-12-28/h4-5,7-9,13,15H,1-3,6,10-12,14H2. The van der Waals surface area contributed by atoms with Gasteiger partial charge in [-0.25, -0.2) is 0 Å². The van der Waals surface area contributed by atoms with Gasteiger partial charge in [0.15, 0.2) is 10.9 Å². The van der Waals surface area contributed by atoms with E-state index < -0.39 is 11.7 Å². The molecule has 0 unspecified atom stereocenters. The van der Waals surface area contributed by atoms with Gasteiger partial charge in [-0.2, -0.15) is 13.2 Å². The molecule has 4 rings (SSSR count). The molecule has 1 saturated heterocycles. The predicted octanol–water partition coefficient (Wildman–Crippen LogP) is 5.43. The lowest BCUT2D eigenvalue weighted by atomic mass is 10.1. The van der Waals surface area contributed by atoms with Crippen LogP contribution in [0.15, 0.2) is 52.2 Å². The van der Waals surface area contributed by atoms with Gasteiger partial charge >= 0.3 is 6.18 Å². The molecule has 3 heterocycles. The summed E-state index contributed by atoms with van der Waals surface area (Å²) >= 11 is 1.36. The lowest BCUT2D eigenvalue weighted by Crippen LogP contribution is -2.35. The van der Waals surface area contributed by atoms with Crippen molar-refractivity contribution < 1.29 is 22.4 Å². The summed E-state index contributed by atoms with van der Waals surface area (Å²) in [5.74, 6) is 1.47. The maximum absolute atomic E-state index is 13.3. The highest BCUT2D eigenvalue weighted by molar-refractivity contribution is 7.99. The number of alkyl halides is 3. The molecule has 32 heavy (non-hydrogen) atoms. The van der Waals surface area contributed by atoms with Crippen LogP contribution < -0.4 is 0 Å². The molecule has 0 radical (unpaired) electrons. The first kappa shape index (κ1) is 22.4. The predicted molar refractivity (Wildman–Crippen MR) is 114 cm³/mol. The Hall–Kier alpha value is -2.75. The van der Waals surface area contributed by atoms with Gasteiger partial charge in [-0.05, 0) is 56.0 Å². The molecule has 3 aromatic rings. The summed E-state index contributed by atoms with van der Waals surface area (Å²) in [5.41, 5.74) is -0.458. The highest BCUT2D eigenvalue weighted by Gasteiger charge is 2.31. The Morgan fingerprint density at radius 1 is 1.09 bits per heavy atom. The summed E-state index contributed by atoms with van der Waals surface area (Å²) in [5, 5.41) is 8.79. The van der Waals surface area contributed by atoms with Gasteiger partial charge in [0.05, 0.1) is 17.5 Å². The fourth-order valence-corrected chi connectivity index (χ4v) is 4.56. The number of hydrogen-bond acceptors (Lipinski definition) is 5. The van der Waals surface area contributed by atoms with E-state index in [4.69, 9.17) is 4.42 Å². The minimum atomic E-state index is -4.46. The normalized spacial score (nSPS) is 14.7. The molecule has 2 aromatic heterocycles. The van der Waals surface area contributed by atoms with E-state index in [0.717, 1.165) is 38.1 Å². The topological polar surface area (TPSA) is 64.2 Å². The number of carbonyl (C=O) groups excluding carboxylic acids is 1. The van der Waals surface area contributed by atoms with Crippen molar-refractivity contribution in [1.29, 1.82) is 0 Å². The second kappa shape index (κ2) is 9.81. The molecular formula is C22H23F3N4O2S. The highest BCUT2D eigenvalue weighted by Crippen LogP contribution is 2.33. The SMILES string of the molecule is O=C(CCCSc1nnc(-c2ccco2)n1-c1cccc(C(F)(F)F)c1)N1CCCCC1. The number of likely N-dealkylation sites (tertiary alicyclic amines) is 1. The Kier molecular flexibility index (Phi) is 6.88. The maximum atomic E-state index is 13.3. The first-order valence-electron chi connectivity index (χ1n) is 10.5. The number of thioether (sulfide) groups is 1. The molecule has 1 fully saturated rings. The number of hydrogen-bond donors (Lipinski definition) is 0. The average Bonchev–Trinajstić information content (AvgIpc) is 3.46. The van der Waals surface area contributed by atoms with Crippen molar-refractivity contribution in [3.05, 3.63) is 48.2 Å². The lowest BCUT2D eigenvalue weighted by Gasteiger charge is -2.26. The molecule has 0 spiro atoms. The van der Waals surface area contributed by atoms with E-state index in [9.17, 15) is 18.0 Å². The zero-order valence-corrected chi connectivity index (χ0v) is 18.2. The molecule has 0 atom stereocenters. The second-order valence-corrected chi connectivity index (χ2v) is 8.62. The fraction of sp³-hybridized carbons (Fsp3) is 0.409. The number of carbonyl (C=O) groups is 1. The lowest BCUT2D eigenvalue weighted by molar-refractivity contribution is -0.137. The summed E-state index contributed by atoms with van der Waals surface area (Å²) in [7, 11) is 0. The van der Waals surface area contributed by atoms with Crippen molar-refractivity contribution in [2.24, 2.45) is 0 Å². The van der Waals surface area contributed by atoms with Gasteiger partial charge in [0.1, 0.15) is 0 Å². The highest BCUT2D eigenvalue weighted by atomic mass is 32.2. The first-order chi connectivity index (χ1) is 15.4. The van der Waals surface area contributed by atoms with Crippen LogP contribution in [0.2, 0.25) is 0 Å². The van der Waals surface area contributed by atoms with E-state index in [0.29, 0.717) is 41.0 Å². The van der Waals surface area contributed by atoms with Crippen molar-refractivity contribution >= 4 is 17.7 Å². The van der Waals surface area contributed by atoms with Crippen molar-refractivity contribution in [2.75, 3.05) is 18.8 Å². The monoisotopic (exact) mass is 464 g/mol. The zero-order valence-electron chi connectivity index (χ0n) is 17.3. The van der Waals surface area contributed by atoms with E-state index in [1.54, 1.807) is 22.8 Å². The third-order valence-corrected chi connectivity index (χ3v) is 6.30. The van der Waals surface area contributed by atoms with Gasteiger partial charge in [-0.3, -0.25) is 9.36 Å². The van der Waals surface area contributed by atoms with Gasteiger partial charge in [-0.1, -0.05) is 17.8 Å². The number of furan rings is 1. The quantitative estimate of drug-likeness (QED) is 0.345. The molecule has 0 N–H and O–H groups in total. The van der Waals surface area contributed by atoms with Crippen molar-refractivity contribution in [1.82, 2.24) is 19.7 Å². The van der Waals surface area contributed by atoms with Crippen LogP contribution in [0.25, 0.3) is 17.3 Å². The second-order valence-electron chi connectivity index (χ2n) is 7.56. The van der Waals surface area contributed by atoms with Crippen LogP contribution in [0.5, 0.6) is 0 Å². The molecule has 0 saturated carbocycles. The zero-order chi connectivity index (χ0) is 22.6. The molecule has 1 aliphatic rings. The Labute approximate surface area is 187 Å². The minimum Gasteiger partial charge on any atom is -0.461 e. The Bertz CT molecular complexity index is 1040. The van der Waals surface area contributed by atoms with Crippen molar-refractivity contribution in [2.45, 2.75) is 43.4 Å². The van der Waals surface area contributed by atoms with Crippen LogP contribution in [-0.4, -0.2) is 44.4 Å². The Balaban J connectivity index is 1.51. The Morgan fingerprint density at radius 3 is 2.62 bits per heavy atom. The van der Waals surface area contributed by atoms with Crippen molar-refractivity contribution in [3.8, 4) is 17.3 Å². The maximum Gasteiger partial charge on any atom is 0.416 e. The van der Waals surface area contributed by atoms with Crippen LogP contribution in [0.1, 0.15) is 37.7 Å². The molecule has 0 bridgehead atoms. The number of rotatable bonds is 7. The number of benzene rings is 1. The number of piperidine rings is 1. The smallest absolute Gasteiger partial charge is 0.416 e. The summed E-state index contributed by atoms with van der Waals surface area (Å²) < 4.78 is 46.8. The van der Waals surface area contributed by atoms with Crippen LogP contribution in [0.4, 0.5) is 13.2 Å². The molecule has 10 heteroatoms. The number of halogens is 3. The van der Waals surface area contributed by atoms with E-state index in [1.807, 2.05) is 4.90 Å². The summed E-state index contributed by atoms with van der Waals surface area (Å²) in [6, 6.07) is 8.39. The molecule has 170 valence electrons. The number of aromatic nitrogens is 3. The van der Waals surface area contributed by atoms with Crippen LogP contribution in [-0.2, 0) is 11.0 Å². The van der Waals surface area contributed by atoms with Gasteiger partial charge in [0.2, 0.25) is 11.7 Å². The van der Waals surface area contributed by atoms with Gasteiger partial charge in [-0.15, -0.1) is 10.2 Å². The molecular weight excluding hydrogens is 441 g/mol. The molecule has 0 aliphatic carbocycles. The van der Waals surface area contributed by atoms with Crippen molar-refractivity contribution in [3.63, 3.8) is 0 Å². The average molecular weight is 465 g/mol. The minimum absolute atomic E-state index is 0.154. The fourth-order valence-electron chi connectivity index (χ4n) is 3.67. The Morgan fingerprint density at radius 2 is 1.91 bits per heavy atom. The molecule has 1 amide bonds. The van der Waals surface area contributed by atoms with Crippen LogP contribution >= 0.6 is 11.8 Å². The molecule has 1 aromatic carbocycles. The summed E-state index contributed by atoms with van der Waals surface area (Å²) in [6.45, 7) is 1.64. The van der Waals surface area contributed by atoms with Crippen LogP contribution in [0, 0.1) is 0 Å². The number of amides is 1. The third kappa shape index (κ3) is 5.17. The molecule has 1 aliphatic heterocycles. The van der Waals surface area contributed by atoms with Gasteiger partial charge < -0.3 is 9.32 Å². The van der Waals surface area contributed by atoms with E-state index in [-0.39, 0.29) is 5.91 Å². The van der Waals surface area contributed by atoms with Crippen LogP contribution in [0.3, 0.4) is 0 Å². The van der Waals surface area contributed by atoms with E-state index in [1.165, 1.54) is 30.5 Å². The summed E-state index contributed by atoms with van der Waals surface area (Å²) in [4.78, 5) is 14.3. The van der Waals surface area contributed by atoms with E-state index in [2.05, 4.69) is 10.2 Å². The van der Waals surface area contributed by atoms with Gasteiger partial charge in [0, 0.05) is 25.3 Å². The largest absolute Gasteiger partial charge is 0.461 e. The molecule has 6 nitrogen and oxygen atoms in total. The third-order valence-electron chi connectivity index (χ3n) is 5.28. The summed E-state index contributed by atoms with van der Waals surface area (Å²) in [6.07, 6.45) is 1.37. The first-order valence-corrected chi connectivity index (χ1v) is 11.5.